The van der Waals surface area contributed by atoms with E-state index in [0.29, 0.717) is 17.4 Å². The number of carbonyl (C=O) groups excluding carboxylic acids is 2. The van der Waals surface area contributed by atoms with Crippen LogP contribution in [0.2, 0.25) is 0 Å². The van der Waals surface area contributed by atoms with Crippen LogP contribution in [-0.2, 0) is 4.79 Å². The van der Waals surface area contributed by atoms with Crippen LogP contribution in [0.3, 0.4) is 0 Å². The van der Waals surface area contributed by atoms with Crippen molar-refractivity contribution >= 4 is 40.0 Å². The minimum atomic E-state index is -0.0707. The van der Waals surface area contributed by atoms with Gasteiger partial charge in [0.1, 0.15) is 5.75 Å². The zero-order valence-corrected chi connectivity index (χ0v) is 16.4. The van der Waals surface area contributed by atoms with Crippen LogP contribution in [-0.4, -0.2) is 49.9 Å². The number of nitrogens with one attached hydrogen (secondary N) is 1. The summed E-state index contributed by atoms with van der Waals surface area (Å²) in [7, 11) is 3.46. The topological polar surface area (TPSA) is 58.6 Å². The maximum absolute atomic E-state index is 12.4. The van der Waals surface area contributed by atoms with Gasteiger partial charge in [-0.2, -0.15) is 0 Å². The summed E-state index contributed by atoms with van der Waals surface area (Å²) >= 11 is 3.36. The van der Waals surface area contributed by atoms with Crippen LogP contribution in [0.15, 0.2) is 22.7 Å². The van der Waals surface area contributed by atoms with Crippen LogP contribution in [0, 0.1) is 0 Å². The highest BCUT2D eigenvalue weighted by molar-refractivity contribution is 9.10. The lowest BCUT2D eigenvalue weighted by Gasteiger charge is -2.32. The van der Waals surface area contributed by atoms with E-state index in [1.807, 2.05) is 18.0 Å². The van der Waals surface area contributed by atoms with Crippen molar-refractivity contribution in [3.63, 3.8) is 0 Å². The van der Waals surface area contributed by atoms with Gasteiger partial charge in [-0.1, -0.05) is 15.9 Å². The van der Waals surface area contributed by atoms with Crippen LogP contribution in [0.1, 0.15) is 36.0 Å². The lowest BCUT2D eigenvalue weighted by Crippen LogP contribution is -2.47. The fraction of sp³-hybridized carbons (Fsp3) is 0.529. The number of methoxy groups -OCH3 is 1. The molecule has 5 nitrogen and oxygen atoms in total. The predicted molar refractivity (Wildman–Crippen MR) is 100 cm³/mol. The van der Waals surface area contributed by atoms with Gasteiger partial charge >= 0.3 is 0 Å². The fourth-order valence-electron chi connectivity index (χ4n) is 2.85. The molecule has 7 heteroatoms. The number of benzene rings is 1. The molecule has 1 fully saturated rings. The maximum Gasteiger partial charge on any atom is 0.223 e. The SMILES string of the molecule is CNC1CCCN(C(=O)CCC(=O)c2cc(Br)ccc2OC)C1.Cl. The third kappa shape index (κ3) is 5.46. The molecule has 0 radical (unpaired) electrons. The minimum Gasteiger partial charge on any atom is -0.496 e. The van der Waals surface area contributed by atoms with Crippen molar-refractivity contribution in [2.45, 2.75) is 31.7 Å². The molecule has 1 aromatic rings. The largest absolute Gasteiger partial charge is 0.496 e. The van der Waals surface area contributed by atoms with E-state index in [0.717, 1.165) is 30.4 Å². The normalized spacial score (nSPS) is 17.1. The summed E-state index contributed by atoms with van der Waals surface area (Å²) in [6, 6.07) is 5.67. The van der Waals surface area contributed by atoms with E-state index in [1.54, 1.807) is 12.1 Å². The molecule has 1 saturated heterocycles. The number of likely N-dealkylation sites (N-methyl/N-ethyl adjacent to an activating group) is 1. The van der Waals surface area contributed by atoms with Crippen molar-refractivity contribution in [1.29, 1.82) is 0 Å². The van der Waals surface area contributed by atoms with Gasteiger partial charge in [0.15, 0.2) is 5.78 Å². The number of Topliss-reactive ketones (excluding diaryl/α,β-unsaturated/α-hetero) is 1. The number of amides is 1. The maximum atomic E-state index is 12.4. The van der Waals surface area contributed by atoms with Crippen LogP contribution in [0.4, 0.5) is 0 Å². The Kier molecular flexibility index (Phi) is 8.73. The van der Waals surface area contributed by atoms with Crippen molar-refractivity contribution in [3.05, 3.63) is 28.2 Å². The number of nitrogens with zero attached hydrogens (tertiary/aromatic N) is 1. The van der Waals surface area contributed by atoms with E-state index in [9.17, 15) is 9.59 Å². The summed E-state index contributed by atoms with van der Waals surface area (Å²) in [6.45, 7) is 1.51. The van der Waals surface area contributed by atoms with Gasteiger partial charge in [-0.15, -0.1) is 12.4 Å². The average molecular weight is 420 g/mol. The van der Waals surface area contributed by atoms with Crippen molar-refractivity contribution in [2.75, 3.05) is 27.2 Å². The van der Waals surface area contributed by atoms with Crippen molar-refractivity contribution in [2.24, 2.45) is 0 Å². The highest BCUT2D eigenvalue weighted by Crippen LogP contribution is 2.24. The molecule has 2 rings (SSSR count). The number of hydrogen-bond donors (Lipinski definition) is 1. The molecule has 0 aliphatic carbocycles. The number of ether oxygens (including phenoxy) is 1. The zero-order valence-electron chi connectivity index (χ0n) is 14.0. The molecule has 0 aromatic heterocycles. The number of rotatable bonds is 6. The van der Waals surface area contributed by atoms with E-state index < -0.39 is 0 Å². The zero-order chi connectivity index (χ0) is 16.8. The molecule has 1 unspecified atom stereocenters. The second-order valence-electron chi connectivity index (χ2n) is 5.74. The number of ketones is 1. The Morgan fingerprint density at radius 3 is 2.79 bits per heavy atom. The smallest absolute Gasteiger partial charge is 0.223 e. The number of piperidine rings is 1. The summed E-state index contributed by atoms with van der Waals surface area (Å²) in [5.74, 6) is 0.518. The van der Waals surface area contributed by atoms with Crippen LogP contribution >= 0.6 is 28.3 Å². The molecule has 1 heterocycles. The summed E-state index contributed by atoms with van der Waals surface area (Å²) < 4.78 is 6.05. The number of halogens is 2. The molecule has 1 N–H and O–H groups in total. The van der Waals surface area contributed by atoms with E-state index in [4.69, 9.17) is 4.74 Å². The van der Waals surface area contributed by atoms with Crippen LogP contribution in [0.5, 0.6) is 5.75 Å². The third-order valence-corrected chi connectivity index (χ3v) is 4.70. The Hall–Kier alpha value is -1.11. The molecular weight excluding hydrogens is 396 g/mol. The van der Waals surface area contributed by atoms with Gasteiger partial charge in [0.05, 0.1) is 12.7 Å². The van der Waals surface area contributed by atoms with Gasteiger partial charge in [0.25, 0.3) is 0 Å². The van der Waals surface area contributed by atoms with E-state index >= 15 is 0 Å². The number of hydrogen-bond acceptors (Lipinski definition) is 4. The van der Waals surface area contributed by atoms with E-state index in [-0.39, 0.29) is 36.9 Å². The van der Waals surface area contributed by atoms with Gasteiger partial charge in [-0.25, -0.2) is 0 Å². The summed E-state index contributed by atoms with van der Waals surface area (Å²) in [6.07, 6.45) is 2.54. The summed E-state index contributed by atoms with van der Waals surface area (Å²) in [5.41, 5.74) is 0.515. The summed E-state index contributed by atoms with van der Waals surface area (Å²) in [5, 5.41) is 3.22. The first-order chi connectivity index (χ1) is 11.0. The van der Waals surface area contributed by atoms with Gasteiger partial charge in [-0.05, 0) is 38.1 Å². The van der Waals surface area contributed by atoms with Crippen LogP contribution in [0.25, 0.3) is 0 Å². The van der Waals surface area contributed by atoms with Gasteiger partial charge in [0, 0.05) is 36.4 Å². The predicted octanol–water partition coefficient (Wildman–Crippen LogP) is 3.05. The van der Waals surface area contributed by atoms with Gasteiger partial charge in [-0.3, -0.25) is 9.59 Å². The second-order valence-corrected chi connectivity index (χ2v) is 6.65. The van der Waals surface area contributed by atoms with E-state index in [1.165, 1.54) is 7.11 Å². The van der Waals surface area contributed by atoms with Crippen molar-refractivity contribution in [3.8, 4) is 5.75 Å². The standard InChI is InChI=1S/C17H23BrN2O3.ClH/c1-19-13-4-3-9-20(11-13)17(22)8-6-15(21)14-10-12(18)5-7-16(14)23-2;/h5,7,10,13,19H,3-4,6,8-9,11H2,1-2H3;1H. The monoisotopic (exact) mass is 418 g/mol. The quantitative estimate of drug-likeness (QED) is 0.720. The Morgan fingerprint density at radius 1 is 1.38 bits per heavy atom. The number of likely N-dealkylation sites (tertiary alicyclic amines) is 1. The van der Waals surface area contributed by atoms with Crippen molar-refractivity contribution in [1.82, 2.24) is 10.2 Å². The lowest BCUT2D eigenvalue weighted by atomic mass is 10.0. The fourth-order valence-corrected chi connectivity index (χ4v) is 3.21. The average Bonchev–Trinajstić information content (AvgIpc) is 2.59. The Labute approximate surface area is 157 Å². The Balaban J connectivity index is 0.00000288. The molecule has 134 valence electrons. The first kappa shape index (κ1) is 20.9. The van der Waals surface area contributed by atoms with Gasteiger partial charge in [0.2, 0.25) is 5.91 Å². The highest BCUT2D eigenvalue weighted by atomic mass is 79.9. The molecule has 1 aliphatic rings. The number of carbonyl (C=O) groups is 2. The first-order valence-corrected chi connectivity index (χ1v) is 8.66. The minimum absolute atomic E-state index is 0. The molecule has 1 aromatic carbocycles. The Bertz CT molecular complexity index is 583. The third-order valence-electron chi connectivity index (χ3n) is 4.21. The van der Waals surface area contributed by atoms with Crippen molar-refractivity contribution < 1.29 is 14.3 Å². The Morgan fingerprint density at radius 2 is 2.12 bits per heavy atom. The molecule has 1 aliphatic heterocycles. The second kappa shape index (κ2) is 10.0. The molecular formula is C17H24BrClN2O3. The highest BCUT2D eigenvalue weighted by Gasteiger charge is 2.23. The molecule has 0 bridgehead atoms. The van der Waals surface area contributed by atoms with E-state index in [2.05, 4.69) is 21.2 Å². The van der Waals surface area contributed by atoms with Gasteiger partial charge < -0.3 is 15.0 Å². The van der Waals surface area contributed by atoms with Crippen LogP contribution < -0.4 is 10.1 Å². The molecule has 1 amide bonds. The molecule has 24 heavy (non-hydrogen) atoms. The molecule has 1 atom stereocenters. The lowest BCUT2D eigenvalue weighted by molar-refractivity contribution is -0.132. The molecule has 0 saturated carbocycles. The first-order valence-electron chi connectivity index (χ1n) is 7.87. The molecule has 0 spiro atoms. The summed E-state index contributed by atoms with van der Waals surface area (Å²) in [4.78, 5) is 26.6.